The zero-order chi connectivity index (χ0) is 17.3. The topological polar surface area (TPSA) is 15.3 Å². The van der Waals surface area contributed by atoms with E-state index in [1.54, 1.807) is 0 Å². The molecule has 26 heavy (non-hydrogen) atoms. The standard InChI is InChI=1S/C16H15ClF4N2S.2ClH/c17-12-9-10(16(19,20)21)8-11(14(12)18)15(13-2-1-7-24-13)23-5-3-22-4-6-23;;/h1-2,7-9,15,22H,3-6H2;2*1H/t15-;;/m1../s1. The van der Waals surface area contributed by atoms with Crippen LogP contribution >= 0.6 is 47.8 Å². The molecule has 1 saturated heterocycles. The third-order valence-corrected chi connectivity index (χ3v) is 5.21. The van der Waals surface area contributed by atoms with E-state index in [9.17, 15) is 17.6 Å². The molecule has 1 fully saturated rings. The van der Waals surface area contributed by atoms with Gasteiger partial charge in [-0.3, -0.25) is 4.90 Å². The molecule has 0 radical (unpaired) electrons. The molecule has 2 heterocycles. The van der Waals surface area contributed by atoms with E-state index in [1.165, 1.54) is 11.3 Å². The monoisotopic (exact) mass is 450 g/mol. The summed E-state index contributed by atoms with van der Waals surface area (Å²) in [5.74, 6) is -0.790. The number of thiophene rings is 1. The fourth-order valence-electron chi connectivity index (χ4n) is 2.89. The van der Waals surface area contributed by atoms with Crippen LogP contribution in [-0.2, 0) is 6.18 Å². The fraction of sp³-hybridized carbons (Fsp3) is 0.375. The number of halogens is 7. The highest BCUT2D eigenvalue weighted by molar-refractivity contribution is 7.10. The largest absolute Gasteiger partial charge is 0.416 e. The molecule has 2 aromatic rings. The summed E-state index contributed by atoms with van der Waals surface area (Å²) in [5.41, 5.74) is -0.959. The number of benzene rings is 1. The van der Waals surface area contributed by atoms with Gasteiger partial charge in [0, 0.05) is 36.6 Å². The Hall–Kier alpha value is -0.570. The van der Waals surface area contributed by atoms with Crippen LogP contribution in [0.2, 0.25) is 5.02 Å². The SMILES string of the molecule is Cl.Cl.Fc1c(Cl)cc(C(F)(F)F)cc1[C@H](c1cccs1)N1CCNCC1. The number of hydrogen-bond acceptors (Lipinski definition) is 3. The second-order valence-electron chi connectivity index (χ2n) is 5.56. The Bertz CT molecular complexity index is 704. The molecule has 0 saturated carbocycles. The van der Waals surface area contributed by atoms with E-state index in [2.05, 4.69) is 5.32 Å². The zero-order valence-electron chi connectivity index (χ0n) is 13.4. The lowest BCUT2D eigenvalue weighted by molar-refractivity contribution is -0.137. The van der Waals surface area contributed by atoms with E-state index < -0.39 is 28.6 Å². The number of nitrogens with one attached hydrogen (secondary N) is 1. The number of nitrogens with zero attached hydrogens (tertiary/aromatic N) is 1. The fourth-order valence-corrected chi connectivity index (χ4v) is 3.99. The first kappa shape index (κ1) is 23.5. The summed E-state index contributed by atoms with van der Waals surface area (Å²) in [6.45, 7) is 2.65. The van der Waals surface area contributed by atoms with Crippen molar-refractivity contribution in [3.63, 3.8) is 0 Å². The second kappa shape index (κ2) is 9.57. The molecular formula is C16H17Cl3F4N2S. The van der Waals surface area contributed by atoms with E-state index >= 15 is 0 Å². The van der Waals surface area contributed by atoms with E-state index in [-0.39, 0.29) is 30.4 Å². The van der Waals surface area contributed by atoms with Gasteiger partial charge in [0.05, 0.1) is 16.6 Å². The highest BCUT2D eigenvalue weighted by Gasteiger charge is 2.35. The Morgan fingerprint density at radius 3 is 2.35 bits per heavy atom. The van der Waals surface area contributed by atoms with Gasteiger partial charge in [-0.15, -0.1) is 36.2 Å². The molecule has 146 valence electrons. The average Bonchev–Trinajstić information content (AvgIpc) is 3.05. The quantitative estimate of drug-likeness (QED) is 0.629. The van der Waals surface area contributed by atoms with Gasteiger partial charge in [-0.25, -0.2) is 4.39 Å². The summed E-state index contributed by atoms with van der Waals surface area (Å²) in [5, 5.41) is 4.52. The number of alkyl halides is 3. The van der Waals surface area contributed by atoms with Gasteiger partial charge in [0.25, 0.3) is 0 Å². The van der Waals surface area contributed by atoms with Crippen LogP contribution in [0, 0.1) is 5.82 Å². The summed E-state index contributed by atoms with van der Waals surface area (Å²) in [6, 6.07) is 4.57. The van der Waals surface area contributed by atoms with Crippen molar-refractivity contribution in [2.24, 2.45) is 0 Å². The van der Waals surface area contributed by atoms with Crippen molar-refractivity contribution in [1.82, 2.24) is 10.2 Å². The van der Waals surface area contributed by atoms with Gasteiger partial charge in [-0.2, -0.15) is 13.2 Å². The van der Waals surface area contributed by atoms with E-state index in [0.717, 1.165) is 10.9 Å². The molecule has 3 rings (SSSR count). The van der Waals surface area contributed by atoms with Crippen LogP contribution in [0.1, 0.15) is 22.0 Å². The van der Waals surface area contributed by atoms with Gasteiger partial charge in [-0.05, 0) is 23.6 Å². The first-order valence-electron chi connectivity index (χ1n) is 7.42. The molecule has 1 atom stereocenters. The van der Waals surface area contributed by atoms with Crippen molar-refractivity contribution in [2.45, 2.75) is 12.2 Å². The maximum Gasteiger partial charge on any atom is 0.416 e. The predicted molar refractivity (Wildman–Crippen MR) is 102 cm³/mol. The van der Waals surface area contributed by atoms with Gasteiger partial charge in [0.2, 0.25) is 0 Å². The van der Waals surface area contributed by atoms with Crippen molar-refractivity contribution in [2.75, 3.05) is 26.2 Å². The number of hydrogen-bond donors (Lipinski definition) is 1. The predicted octanol–water partition coefficient (Wildman–Crippen LogP) is 5.40. The van der Waals surface area contributed by atoms with E-state index in [4.69, 9.17) is 11.6 Å². The Morgan fingerprint density at radius 2 is 1.81 bits per heavy atom. The van der Waals surface area contributed by atoms with Crippen LogP contribution in [0.25, 0.3) is 0 Å². The number of piperazine rings is 1. The molecule has 10 heteroatoms. The minimum Gasteiger partial charge on any atom is -0.314 e. The summed E-state index contributed by atoms with van der Waals surface area (Å²) >= 11 is 7.16. The Kier molecular flexibility index (Phi) is 8.64. The van der Waals surface area contributed by atoms with Crippen LogP contribution in [0.3, 0.4) is 0 Å². The molecule has 1 aliphatic heterocycles. The third kappa shape index (κ3) is 5.03. The summed E-state index contributed by atoms with van der Waals surface area (Å²) < 4.78 is 54.0. The highest BCUT2D eigenvalue weighted by atomic mass is 35.5. The molecule has 2 nitrogen and oxygen atoms in total. The van der Waals surface area contributed by atoms with E-state index in [1.807, 2.05) is 22.4 Å². The van der Waals surface area contributed by atoms with Crippen LogP contribution in [-0.4, -0.2) is 31.1 Å². The lowest BCUT2D eigenvalue weighted by atomic mass is 9.99. The van der Waals surface area contributed by atoms with Crippen molar-refractivity contribution in [3.8, 4) is 0 Å². The highest BCUT2D eigenvalue weighted by Crippen LogP contribution is 2.39. The summed E-state index contributed by atoms with van der Waals surface area (Å²) in [7, 11) is 0. The zero-order valence-corrected chi connectivity index (χ0v) is 16.6. The normalized spacial score (nSPS) is 16.5. The Morgan fingerprint density at radius 1 is 1.15 bits per heavy atom. The first-order chi connectivity index (χ1) is 11.4. The smallest absolute Gasteiger partial charge is 0.314 e. The van der Waals surface area contributed by atoms with Gasteiger partial charge in [0.15, 0.2) is 0 Å². The van der Waals surface area contributed by atoms with Crippen LogP contribution in [0.4, 0.5) is 17.6 Å². The van der Waals surface area contributed by atoms with Crippen molar-refractivity contribution in [1.29, 1.82) is 0 Å². The minimum absolute atomic E-state index is 0. The van der Waals surface area contributed by atoms with Crippen LogP contribution < -0.4 is 5.32 Å². The lowest BCUT2D eigenvalue weighted by Gasteiger charge is -2.35. The lowest BCUT2D eigenvalue weighted by Crippen LogP contribution is -2.45. The van der Waals surface area contributed by atoms with Gasteiger partial charge in [-0.1, -0.05) is 17.7 Å². The molecule has 0 aliphatic carbocycles. The van der Waals surface area contributed by atoms with Crippen LogP contribution in [0.5, 0.6) is 0 Å². The maximum absolute atomic E-state index is 14.6. The molecule has 1 aliphatic rings. The first-order valence-corrected chi connectivity index (χ1v) is 8.68. The third-order valence-electron chi connectivity index (χ3n) is 4.01. The Balaban J connectivity index is 0.00000169. The molecule has 0 bridgehead atoms. The molecule has 0 amide bonds. The molecule has 1 aromatic heterocycles. The Labute approximate surface area is 170 Å². The van der Waals surface area contributed by atoms with E-state index in [0.29, 0.717) is 32.2 Å². The maximum atomic E-state index is 14.6. The molecular weight excluding hydrogens is 435 g/mol. The van der Waals surface area contributed by atoms with Gasteiger partial charge >= 0.3 is 6.18 Å². The van der Waals surface area contributed by atoms with Gasteiger partial charge < -0.3 is 5.32 Å². The van der Waals surface area contributed by atoms with Crippen molar-refractivity contribution in [3.05, 3.63) is 56.5 Å². The van der Waals surface area contributed by atoms with Crippen molar-refractivity contribution >= 4 is 47.8 Å². The molecule has 0 spiro atoms. The number of rotatable bonds is 3. The molecule has 1 N–H and O–H groups in total. The van der Waals surface area contributed by atoms with Crippen molar-refractivity contribution < 1.29 is 17.6 Å². The summed E-state index contributed by atoms with van der Waals surface area (Å²) in [4.78, 5) is 2.78. The van der Waals surface area contributed by atoms with Gasteiger partial charge in [0.1, 0.15) is 5.82 Å². The second-order valence-corrected chi connectivity index (χ2v) is 6.95. The average molecular weight is 452 g/mol. The molecule has 1 aromatic carbocycles. The molecule has 0 unspecified atom stereocenters. The van der Waals surface area contributed by atoms with Crippen LogP contribution in [0.15, 0.2) is 29.6 Å². The summed E-state index contributed by atoms with van der Waals surface area (Å²) in [6.07, 6.45) is -4.57. The minimum atomic E-state index is -4.57.